The van der Waals surface area contributed by atoms with Crippen LogP contribution in [0.25, 0.3) is 0 Å². The third-order valence-corrected chi connectivity index (χ3v) is 0.888. The lowest BCUT2D eigenvalue weighted by Gasteiger charge is -2.21. The molecule has 1 unspecified atom stereocenters. The first-order valence-electron chi connectivity index (χ1n) is 2.68. The third kappa shape index (κ3) is 3.39. The van der Waals surface area contributed by atoms with E-state index in [0.717, 1.165) is 13.8 Å². The van der Waals surface area contributed by atoms with E-state index in [4.69, 9.17) is 15.3 Å². The molecule has 60 valence electrons. The number of esters is 1. The fraction of sp³-hybridized carbons (Fsp3) is 0.800. The lowest BCUT2D eigenvalue weighted by atomic mass is 10.3. The summed E-state index contributed by atoms with van der Waals surface area (Å²) in [5.74, 6) is -3.64. The van der Waals surface area contributed by atoms with E-state index in [0.29, 0.717) is 0 Å². The van der Waals surface area contributed by atoms with Gasteiger partial charge < -0.3 is 20.1 Å². The molecule has 5 nitrogen and oxygen atoms in total. The Morgan fingerprint density at radius 3 is 2.00 bits per heavy atom. The Balaban J connectivity index is 3.85. The van der Waals surface area contributed by atoms with Gasteiger partial charge in [-0.15, -0.1) is 0 Å². The highest BCUT2D eigenvalue weighted by Gasteiger charge is 2.30. The summed E-state index contributed by atoms with van der Waals surface area (Å²) in [7, 11) is 0. The molecule has 1 atom stereocenters. The predicted octanol–water partition coefficient (Wildman–Crippen LogP) is -1.43. The maximum absolute atomic E-state index is 10.1. The topological polar surface area (TPSA) is 87.0 Å². The summed E-state index contributed by atoms with van der Waals surface area (Å²) < 4.78 is 4.23. The number of hydrogen-bond donors (Lipinski definition) is 3. The van der Waals surface area contributed by atoms with Crippen molar-refractivity contribution in [3.05, 3.63) is 0 Å². The number of hydrogen-bond acceptors (Lipinski definition) is 5. The number of carbonyl (C=O) groups is 1. The minimum atomic E-state index is -2.95. The quantitative estimate of drug-likeness (QED) is 0.332. The van der Waals surface area contributed by atoms with Crippen molar-refractivity contribution < 1.29 is 24.9 Å². The molecule has 0 aliphatic heterocycles. The Morgan fingerprint density at radius 1 is 1.50 bits per heavy atom. The third-order valence-electron chi connectivity index (χ3n) is 0.888. The SMILES string of the molecule is CC(=O)OC(C)C(O)(O)O. The van der Waals surface area contributed by atoms with Crippen LogP contribution in [0.15, 0.2) is 0 Å². The van der Waals surface area contributed by atoms with Crippen molar-refractivity contribution in [3.8, 4) is 0 Å². The molecule has 10 heavy (non-hydrogen) atoms. The monoisotopic (exact) mass is 150 g/mol. The van der Waals surface area contributed by atoms with Gasteiger partial charge in [0, 0.05) is 6.92 Å². The molecule has 0 radical (unpaired) electrons. The van der Waals surface area contributed by atoms with Crippen molar-refractivity contribution in [2.45, 2.75) is 25.9 Å². The van der Waals surface area contributed by atoms with Crippen molar-refractivity contribution in [1.82, 2.24) is 0 Å². The van der Waals surface area contributed by atoms with Crippen molar-refractivity contribution in [1.29, 1.82) is 0 Å². The minimum absolute atomic E-state index is 0.686. The molecule has 0 aliphatic carbocycles. The van der Waals surface area contributed by atoms with Gasteiger partial charge in [0.15, 0.2) is 6.10 Å². The van der Waals surface area contributed by atoms with E-state index >= 15 is 0 Å². The van der Waals surface area contributed by atoms with E-state index < -0.39 is 18.0 Å². The lowest BCUT2D eigenvalue weighted by molar-refractivity contribution is -0.352. The van der Waals surface area contributed by atoms with Crippen LogP contribution in [0.2, 0.25) is 0 Å². The zero-order valence-electron chi connectivity index (χ0n) is 5.74. The Labute approximate surface area is 57.9 Å². The Bertz CT molecular complexity index is 124. The first kappa shape index (κ1) is 9.35. The first-order chi connectivity index (χ1) is 4.34. The van der Waals surface area contributed by atoms with Crippen LogP contribution in [0.1, 0.15) is 13.8 Å². The van der Waals surface area contributed by atoms with Gasteiger partial charge in [0.05, 0.1) is 0 Å². The van der Waals surface area contributed by atoms with Crippen LogP contribution in [0.5, 0.6) is 0 Å². The van der Waals surface area contributed by atoms with Crippen molar-refractivity contribution in [2.75, 3.05) is 0 Å². The zero-order chi connectivity index (χ0) is 8.36. The average molecular weight is 150 g/mol. The number of ether oxygens (including phenoxy) is 1. The summed E-state index contributed by atoms with van der Waals surface area (Å²) in [6.07, 6.45) is -1.34. The molecule has 0 aromatic heterocycles. The molecule has 0 bridgehead atoms. The molecule has 0 saturated heterocycles. The van der Waals surface area contributed by atoms with E-state index in [2.05, 4.69) is 4.74 Å². The molecule has 0 aliphatic rings. The van der Waals surface area contributed by atoms with Crippen molar-refractivity contribution in [2.24, 2.45) is 0 Å². The Kier molecular flexibility index (Phi) is 2.77. The molecule has 0 rings (SSSR count). The second kappa shape index (κ2) is 2.96. The normalized spacial score (nSPS) is 14.5. The van der Waals surface area contributed by atoms with Crippen LogP contribution in [0, 0.1) is 0 Å². The summed E-state index contributed by atoms with van der Waals surface area (Å²) in [6.45, 7) is 2.25. The fourth-order valence-electron chi connectivity index (χ4n) is 0.328. The average Bonchev–Trinajstić information content (AvgIpc) is 1.60. The van der Waals surface area contributed by atoms with E-state index in [1.165, 1.54) is 0 Å². The van der Waals surface area contributed by atoms with Gasteiger partial charge in [0.2, 0.25) is 0 Å². The van der Waals surface area contributed by atoms with Gasteiger partial charge in [-0.1, -0.05) is 0 Å². The summed E-state index contributed by atoms with van der Waals surface area (Å²) in [4.78, 5) is 10.1. The van der Waals surface area contributed by atoms with Crippen LogP contribution in [0.4, 0.5) is 0 Å². The second-order valence-electron chi connectivity index (χ2n) is 1.94. The first-order valence-corrected chi connectivity index (χ1v) is 2.68. The van der Waals surface area contributed by atoms with Gasteiger partial charge in [-0.3, -0.25) is 4.79 Å². The summed E-state index contributed by atoms with van der Waals surface area (Å²) in [6, 6.07) is 0. The van der Waals surface area contributed by atoms with Gasteiger partial charge >= 0.3 is 11.9 Å². The van der Waals surface area contributed by atoms with E-state index in [-0.39, 0.29) is 0 Å². The van der Waals surface area contributed by atoms with Crippen LogP contribution in [-0.2, 0) is 9.53 Å². The van der Waals surface area contributed by atoms with E-state index in [1.54, 1.807) is 0 Å². The standard InChI is InChI=1S/C5H10O5/c1-3(5(7,8)9)10-4(2)6/h3,7-9H,1-2H3. The van der Waals surface area contributed by atoms with Crippen LogP contribution in [0.3, 0.4) is 0 Å². The summed E-state index contributed by atoms with van der Waals surface area (Å²) >= 11 is 0. The molecule has 0 amide bonds. The molecule has 0 aromatic rings. The highest BCUT2D eigenvalue weighted by atomic mass is 16.7. The lowest BCUT2D eigenvalue weighted by Crippen LogP contribution is -2.42. The fourth-order valence-corrected chi connectivity index (χ4v) is 0.328. The molecule has 0 saturated carbocycles. The highest BCUT2D eigenvalue weighted by Crippen LogP contribution is 2.05. The maximum Gasteiger partial charge on any atom is 0.314 e. The van der Waals surface area contributed by atoms with Crippen molar-refractivity contribution >= 4 is 5.97 Å². The molecule has 0 aromatic carbocycles. The smallest absolute Gasteiger partial charge is 0.314 e. The number of carbonyl (C=O) groups excluding carboxylic acids is 1. The predicted molar refractivity (Wildman–Crippen MR) is 30.6 cm³/mol. The molecular formula is C5H10O5. The zero-order valence-corrected chi connectivity index (χ0v) is 5.74. The molecule has 0 fully saturated rings. The maximum atomic E-state index is 10.1. The summed E-state index contributed by atoms with van der Waals surface area (Å²) in [5, 5.41) is 25.1. The van der Waals surface area contributed by atoms with Gasteiger partial charge in [0.25, 0.3) is 0 Å². The molecule has 5 heteroatoms. The second-order valence-corrected chi connectivity index (χ2v) is 1.94. The number of rotatable bonds is 2. The molecule has 0 heterocycles. The largest absolute Gasteiger partial charge is 0.454 e. The summed E-state index contributed by atoms with van der Waals surface area (Å²) in [5.41, 5.74) is 0. The molecular weight excluding hydrogens is 140 g/mol. The Morgan fingerprint density at radius 2 is 1.90 bits per heavy atom. The van der Waals surface area contributed by atoms with E-state index in [1.807, 2.05) is 0 Å². The van der Waals surface area contributed by atoms with Gasteiger partial charge in [0.1, 0.15) is 0 Å². The van der Waals surface area contributed by atoms with Crippen LogP contribution in [-0.4, -0.2) is 33.4 Å². The number of aliphatic hydroxyl groups is 3. The Hall–Kier alpha value is -0.650. The minimum Gasteiger partial charge on any atom is -0.454 e. The molecule has 3 N–H and O–H groups in total. The van der Waals surface area contributed by atoms with Gasteiger partial charge in [-0.2, -0.15) is 0 Å². The van der Waals surface area contributed by atoms with Crippen LogP contribution < -0.4 is 0 Å². The highest BCUT2D eigenvalue weighted by molar-refractivity contribution is 5.66. The van der Waals surface area contributed by atoms with Crippen molar-refractivity contribution in [3.63, 3.8) is 0 Å². The van der Waals surface area contributed by atoms with Gasteiger partial charge in [-0.05, 0) is 6.92 Å². The molecule has 0 spiro atoms. The van der Waals surface area contributed by atoms with Gasteiger partial charge in [-0.25, -0.2) is 0 Å². The van der Waals surface area contributed by atoms with E-state index in [9.17, 15) is 4.79 Å². The van der Waals surface area contributed by atoms with Crippen LogP contribution >= 0.6 is 0 Å².